The average Bonchev–Trinajstić information content (AvgIpc) is 3.24. The summed E-state index contributed by atoms with van der Waals surface area (Å²) in [5.74, 6) is 0.746. The Bertz CT molecular complexity index is 869. The van der Waals surface area contributed by atoms with Crippen LogP contribution in [0.15, 0.2) is 47.1 Å². The van der Waals surface area contributed by atoms with E-state index in [0.29, 0.717) is 37.0 Å². The van der Waals surface area contributed by atoms with Gasteiger partial charge in [-0.05, 0) is 25.5 Å². The highest BCUT2D eigenvalue weighted by molar-refractivity contribution is 5.93. The molecule has 7 nitrogen and oxygen atoms in total. The van der Waals surface area contributed by atoms with Gasteiger partial charge in [-0.1, -0.05) is 30.3 Å². The number of benzene rings is 1. The summed E-state index contributed by atoms with van der Waals surface area (Å²) in [5, 5.41) is 4.12. The summed E-state index contributed by atoms with van der Waals surface area (Å²) in [4.78, 5) is 19.3. The molecule has 0 atom stereocenters. The van der Waals surface area contributed by atoms with Gasteiger partial charge >= 0.3 is 0 Å². The zero-order valence-corrected chi connectivity index (χ0v) is 15.1. The first-order valence-electron chi connectivity index (χ1n) is 8.58. The van der Waals surface area contributed by atoms with Gasteiger partial charge in [-0.2, -0.15) is 5.10 Å². The molecule has 7 heteroatoms. The van der Waals surface area contributed by atoms with E-state index in [4.69, 9.17) is 10.2 Å². The van der Waals surface area contributed by atoms with E-state index in [1.165, 1.54) is 0 Å². The zero-order chi connectivity index (χ0) is 18.5. The molecule has 0 saturated carbocycles. The van der Waals surface area contributed by atoms with E-state index in [1.807, 2.05) is 37.4 Å². The van der Waals surface area contributed by atoms with E-state index >= 15 is 0 Å². The van der Waals surface area contributed by atoms with Gasteiger partial charge < -0.3 is 15.1 Å². The van der Waals surface area contributed by atoms with Gasteiger partial charge in [0.2, 0.25) is 5.89 Å². The summed E-state index contributed by atoms with van der Waals surface area (Å²) in [5.41, 5.74) is 7.77. The molecule has 1 aromatic carbocycles. The zero-order valence-electron chi connectivity index (χ0n) is 15.1. The first-order valence-corrected chi connectivity index (χ1v) is 8.58. The van der Waals surface area contributed by atoms with Crippen molar-refractivity contribution >= 4 is 5.91 Å². The maximum Gasteiger partial charge on any atom is 0.276 e. The molecule has 0 unspecified atom stereocenters. The van der Waals surface area contributed by atoms with Crippen LogP contribution in [-0.4, -0.2) is 38.7 Å². The Morgan fingerprint density at radius 3 is 2.73 bits per heavy atom. The normalized spacial score (nSPS) is 10.9. The second kappa shape index (κ2) is 7.97. The van der Waals surface area contributed by atoms with E-state index in [-0.39, 0.29) is 5.91 Å². The monoisotopic (exact) mass is 353 g/mol. The van der Waals surface area contributed by atoms with Gasteiger partial charge in [-0.25, -0.2) is 4.98 Å². The Balaban J connectivity index is 1.85. The number of amides is 1. The van der Waals surface area contributed by atoms with Crippen molar-refractivity contribution < 1.29 is 9.21 Å². The van der Waals surface area contributed by atoms with Gasteiger partial charge in [-0.3, -0.25) is 9.48 Å². The molecule has 3 rings (SSSR count). The van der Waals surface area contributed by atoms with Crippen molar-refractivity contribution in [1.82, 2.24) is 19.7 Å². The molecule has 2 N–H and O–H groups in total. The molecule has 0 aliphatic carbocycles. The maximum atomic E-state index is 13.1. The van der Waals surface area contributed by atoms with Crippen LogP contribution in [0.2, 0.25) is 0 Å². The lowest BCUT2D eigenvalue weighted by Crippen LogP contribution is -2.33. The number of oxazole rings is 1. The first kappa shape index (κ1) is 17.9. The molecule has 0 aliphatic rings. The molecule has 136 valence electrons. The van der Waals surface area contributed by atoms with Gasteiger partial charge in [0.1, 0.15) is 5.76 Å². The van der Waals surface area contributed by atoms with Crippen LogP contribution in [0.3, 0.4) is 0 Å². The van der Waals surface area contributed by atoms with Gasteiger partial charge in [0.15, 0.2) is 5.69 Å². The molecule has 2 aromatic heterocycles. The summed E-state index contributed by atoms with van der Waals surface area (Å²) in [6, 6.07) is 9.88. The Hall–Kier alpha value is -2.93. The molecule has 0 spiro atoms. The largest absolute Gasteiger partial charge is 0.440 e. The fourth-order valence-corrected chi connectivity index (χ4v) is 2.74. The predicted octanol–water partition coefficient (Wildman–Crippen LogP) is 2.37. The standard InChI is InChI=1S/C19H23N5O2/c1-14-17(22-18(26-14)16-11-21-23(2)13-16)19(25)24(10-6-9-20)12-15-7-4-3-5-8-15/h3-5,7-8,11,13H,6,9-10,12,20H2,1-2H3. The minimum absolute atomic E-state index is 0.154. The number of rotatable bonds is 7. The summed E-state index contributed by atoms with van der Waals surface area (Å²) in [6.45, 7) is 3.36. The number of aromatic nitrogens is 3. The van der Waals surface area contributed by atoms with Crippen molar-refractivity contribution in [1.29, 1.82) is 0 Å². The SMILES string of the molecule is Cc1oc(-c2cnn(C)c2)nc1C(=O)N(CCCN)Cc1ccccc1. The third-order valence-electron chi connectivity index (χ3n) is 4.09. The molecule has 2 heterocycles. The van der Waals surface area contributed by atoms with Crippen molar-refractivity contribution in [3.63, 3.8) is 0 Å². The number of nitrogens with two attached hydrogens (primary N) is 1. The quantitative estimate of drug-likeness (QED) is 0.704. The highest BCUT2D eigenvalue weighted by Gasteiger charge is 2.23. The summed E-state index contributed by atoms with van der Waals surface area (Å²) >= 11 is 0. The van der Waals surface area contributed by atoms with Crippen molar-refractivity contribution in [3.05, 3.63) is 59.7 Å². The lowest BCUT2D eigenvalue weighted by atomic mass is 10.2. The third-order valence-corrected chi connectivity index (χ3v) is 4.09. The van der Waals surface area contributed by atoms with E-state index in [2.05, 4.69) is 10.1 Å². The number of carbonyl (C=O) groups is 1. The second-order valence-corrected chi connectivity index (χ2v) is 6.18. The number of carbonyl (C=O) groups excluding carboxylic acids is 1. The molecular formula is C19H23N5O2. The van der Waals surface area contributed by atoms with Gasteiger partial charge in [0.05, 0.1) is 11.8 Å². The van der Waals surface area contributed by atoms with E-state index in [9.17, 15) is 4.79 Å². The molecule has 26 heavy (non-hydrogen) atoms. The summed E-state index contributed by atoms with van der Waals surface area (Å²) in [7, 11) is 1.82. The van der Waals surface area contributed by atoms with Crippen LogP contribution < -0.4 is 5.73 Å². The fourth-order valence-electron chi connectivity index (χ4n) is 2.74. The lowest BCUT2D eigenvalue weighted by Gasteiger charge is -2.22. The highest BCUT2D eigenvalue weighted by Crippen LogP contribution is 2.22. The molecule has 0 aliphatic heterocycles. The van der Waals surface area contributed by atoms with Crippen LogP contribution >= 0.6 is 0 Å². The molecule has 0 fully saturated rings. The van der Waals surface area contributed by atoms with Crippen LogP contribution in [-0.2, 0) is 13.6 Å². The van der Waals surface area contributed by atoms with Crippen LogP contribution in [0.4, 0.5) is 0 Å². The number of aryl methyl sites for hydroxylation is 2. The van der Waals surface area contributed by atoms with Crippen LogP contribution in [0, 0.1) is 6.92 Å². The Kier molecular flexibility index (Phi) is 5.48. The molecule has 0 radical (unpaired) electrons. The molecular weight excluding hydrogens is 330 g/mol. The Morgan fingerprint density at radius 1 is 1.31 bits per heavy atom. The fraction of sp³-hybridized carbons (Fsp3) is 0.316. The third kappa shape index (κ3) is 4.00. The van der Waals surface area contributed by atoms with Crippen LogP contribution in [0.5, 0.6) is 0 Å². The van der Waals surface area contributed by atoms with Gasteiger partial charge in [-0.15, -0.1) is 0 Å². The van der Waals surface area contributed by atoms with Gasteiger partial charge in [0, 0.05) is 26.3 Å². The van der Waals surface area contributed by atoms with Crippen LogP contribution in [0.1, 0.15) is 28.2 Å². The van der Waals surface area contributed by atoms with E-state index in [1.54, 1.807) is 28.9 Å². The van der Waals surface area contributed by atoms with Crippen molar-refractivity contribution in [2.24, 2.45) is 12.8 Å². The molecule has 0 saturated heterocycles. The van der Waals surface area contributed by atoms with Crippen molar-refractivity contribution in [2.45, 2.75) is 19.9 Å². The van der Waals surface area contributed by atoms with Gasteiger partial charge in [0.25, 0.3) is 5.91 Å². The maximum absolute atomic E-state index is 13.1. The predicted molar refractivity (Wildman–Crippen MR) is 98.3 cm³/mol. The number of nitrogens with zero attached hydrogens (tertiary/aromatic N) is 4. The minimum atomic E-state index is -0.154. The molecule has 3 aromatic rings. The topological polar surface area (TPSA) is 90.2 Å². The minimum Gasteiger partial charge on any atom is -0.440 e. The molecule has 0 bridgehead atoms. The van der Waals surface area contributed by atoms with E-state index < -0.39 is 0 Å². The van der Waals surface area contributed by atoms with Crippen molar-refractivity contribution in [3.8, 4) is 11.5 Å². The lowest BCUT2D eigenvalue weighted by molar-refractivity contribution is 0.0735. The Labute approximate surface area is 152 Å². The second-order valence-electron chi connectivity index (χ2n) is 6.18. The summed E-state index contributed by atoms with van der Waals surface area (Å²) in [6.07, 6.45) is 4.19. The number of hydrogen-bond acceptors (Lipinski definition) is 5. The number of hydrogen-bond donors (Lipinski definition) is 1. The highest BCUT2D eigenvalue weighted by atomic mass is 16.4. The Morgan fingerprint density at radius 2 is 2.08 bits per heavy atom. The van der Waals surface area contributed by atoms with Crippen molar-refractivity contribution in [2.75, 3.05) is 13.1 Å². The van der Waals surface area contributed by atoms with E-state index in [0.717, 1.165) is 17.5 Å². The summed E-state index contributed by atoms with van der Waals surface area (Å²) < 4.78 is 7.37. The smallest absolute Gasteiger partial charge is 0.276 e. The first-order chi connectivity index (χ1) is 12.6. The average molecular weight is 353 g/mol. The van der Waals surface area contributed by atoms with Crippen LogP contribution in [0.25, 0.3) is 11.5 Å². The molecule has 1 amide bonds.